The van der Waals surface area contributed by atoms with Crippen LogP contribution in [0.25, 0.3) is 10.9 Å². The van der Waals surface area contributed by atoms with Crippen molar-refractivity contribution in [2.45, 2.75) is 13.0 Å². The predicted molar refractivity (Wildman–Crippen MR) is 95.7 cm³/mol. The molecule has 3 aromatic rings. The number of carbonyl (C=O) groups is 1. The summed E-state index contributed by atoms with van der Waals surface area (Å²) < 4.78 is 15.7. The Balaban J connectivity index is 1.87. The van der Waals surface area contributed by atoms with E-state index in [1.807, 2.05) is 0 Å². The van der Waals surface area contributed by atoms with Gasteiger partial charge in [0.25, 0.3) is 5.56 Å². The van der Waals surface area contributed by atoms with Crippen LogP contribution in [-0.2, 0) is 4.74 Å². The van der Waals surface area contributed by atoms with E-state index in [4.69, 9.17) is 14.2 Å². The predicted octanol–water partition coefficient (Wildman–Crippen LogP) is 2.86. The van der Waals surface area contributed by atoms with Gasteiger partial charge in [-0.3, -0.25) is 4.79 Å². The maximum atomic E-state index is 12.5. The highest BCUT2D eigenvalue weighted by atomic mass is 16.5. The average molecular weight is 354 g/mol. The number of hydrogen-bond donors (Lipinski definition) is 1. The molecule has 0 bridgehead atoms. The second-order valence-electron chi connectivity index (χ2n) is 5.62. The molecule has 0 saturated heterocycles. The zero-order chi connectivity index (χ0) is 18.7. The van der Waals surface area contributed by atoms with Gasteiger partial charge in [0, 0.05) is 6.07 Å². The third kappa shape index (κ3) is 3.51. The number of methoxy groups -OCH3 is 2. The topological polar surface area (TPSA) is 90.5 Å². The maximum Gasteiger partial charge on any atom is 0.339 e. The minimum atomic E-state index is -0.739. The molecule has 0 radical (unpaired) electrons. The van der Waals surface area contributed by atoms with Crippen molar-refractivity contribution in [2.24, 2.45) is 0 Å². The first-order valence-electron chi connectivity index (χ1n) is 7.95. The summed E-state index contributed by atoms with van der Waals surface area (Å²) in [6.45, 7) is 1.64. The highest BCUT2D eigenvalue weighted by Gasteiger charge is 2.18. The van der Waals surface area contributed by atoms with E-state index in [1.54, 1.807) is 49.4 Å². The van der Waals surface area contributed by atoms with E-state index in [9.17, 15) is 9.59 Å². The van der Waals surface area contributed by atoms with Crippen LogP contribution < -0.4 is 15.0 Å². The molecule has 0 fully saturated rings. The van der Waals surface area contributed by atoms with Crippen molar-refractivity contribution in [3.8, 4) is 11.5 Å². The molecule has 0 aliphatic carbocycles. The van der Waals surface area contributed by atoms with E-state index in [-0.39, 0.29) is 16.9 Å². The molecule has 7 heteroatoms. The fourth-order valence-electron chi connectivity index (χ4n) is 2.51. The van der Waals surface area contributed by atoms with Crippen LogP contribution in [0.1, 0.15) is 29.2 Å². The summed E-state index contributed by atoms with van der Waals surface area (Å²) in [7, 11) is 2.99. The van der Waals surface area contributed by atoms with E-state index >= 15 is 0 Å². The molecule has 26 heavy (non-hydrogen) atoms. The zero-order valence-electron chi connectivity index (χ0n) is 14.6. The van der Waals surface area contributed by atoms with E-state index in [0.29, 0.717) is 22.4 Å². The monoisotopic (exact) mass is 354 g/mol. The Morgan fingerprint density at radius 3 is 2.38 bits per heavy atom. The summed E-state index contributed by atoms with van der Waals surface area (Å²) in [4.78, 5) is 31.6. The number of carbonyl (C=O) groups excluding carboxylic acids is 1. The van der Waals surface area contributed by atoms with Crippen LogP contribution in [-0.4, -0.2) is 30.2 Å². The van der Waals surface area contributed by atoms with Gasteiger partial charge in [0.1, 0.15) is 11.5 Å². The number of nitrogens with zero attached hydrogens (tertiary/aromatic N) is 1. The first-order valence-corrected chi connectivity index (χ1v) is 7.95. The number of aromatic amines is 1. The quantitative estimate of drug-likeness (QED) is 0.709. The summed E-state index contributed by atoms with van der Waals surface area (Å²) in [6.07, 6.45) is -0.739. The molecule has 1 N–H and O–H groups in total. The van der Waals surface area contributed by atoms with E-state index < -0.39 is 12.1 Å². The number of para-hydroxylation sites is 1. The number of fused-ring (bicyclic) bond motifs is 1. The van der Waals surface area contributed by atoms with Gasteiger partial charge in [-0.05, 0) is 31.2 Å². The molecule has 0 unspecified atom stereocenters. The minimum Gasteiger partial charge on any atom is -0.497 e. The molecule has 0 aliphatic rings. The van der Waals surface area contributed by atoms with E-state index in [0.717, 1.165) is 0 Å². The summed E-state index contributed by atoms with van der Waals surface area (Å²) in [5.41, 5.74) is 0.532. The Kier molecular flexibility index (Phi) is 4.88. The van der Waals surface area contributed by atoms with Crippen LogP contribution in [0.2, 0.25) is 0 Å². The van der Waals surface area contributed by atoms with Crippen LogP contribution >= 0.6 is 0 Å². The Labute approximate surface area is 149 Å². The normalized spacial score (nSPS) is 11.8. The molecular weight excluding hydrogens is 336 g/mol. The molecule has 0 spiro atoms. The van der Waals surface area contributed by atoms with Crippen LogP contribution in [0.5, 0.6) is 11.5 Å². The smallest absolute Gasteiger partial charge is 0.339 e. The summed E-state index contributed by atoms with van der Waals surface area (Å²) in [6, 6.07) is 11.7. The number of benzene rings is 2. The number of aromatic nitrogens is 2. The van der Waals surface area contributed by atoms with E-state index in [2.05, 4.69) is 9.97 Å². The number of nitrogens with one attached hydrogen (secondary N) is 1. The van der Waals surface area contributed by atoms with Gasteiger partial charge in [-0.1, -0.05) is 12.1 Å². The molecular formula is C19H18N2O5. The third-order valence-electron chi connectivity index (χ3n) is 3.89. The number of ether oxygens (including phenoxy) is 3. The highest BCUT2D eigenvalue weighted by molar-refractivity contribution is 5.90. The zero-order valence-corrected chi connectivity index (χ0v) is 14.6. The second kappa shape index (κ2) is 7.26. The number of H-pyrrole nitrogens is 1. The number of hydrogen-bond acceptors (Lipinski definition) is 6. The first kappa shape index (κ1) is 17.5. The average Bonchev–Trinajstić information content (AvgIpc) is 2.67. The molecule has 2 aromatic carbocycles. The highest BCUT2D eigenvalue weighted by Crippen LogP contribution is 2.24. The van der Waals surface area contributed by atoms with Crippen LogP contribution in [0.3, 0.4) is 0 Å². The molecule has 0 aliphatic heterocycles. The van der Waals surface area contributed by atoms with Gasteiger partial charge in [0.15, 0.2) is 11.9 Å². The van der Waals surface area contributed by atoms with Crippen molar-refractivity contribution < 1.29 is 19.0 Å². The summed E-state index contributed by atoms with van der Waals surface area (Å²) in [5.74, 6) is 0.643. The summed E-state index contributed by atoms with van der Waals surface area (Å²) >= 11 is 0. The minimum absolute atomic E-state index is 0.274. The molecule has 134 valence electrons. The van der Waals surface area contributed by atoms with Gasteiger partial charge < -0.3 is 19.2 Å². The van der Waals surface area contributed by atoms with Crippen molar-refractivity contribution in [1.29, 1.82) is 0 Å². The summed E-state index contributed by atoms with van der Waals surface area (Å²) in [5, 5.41) is 0.479. The van der Waals surface area contributed by atoms with Gasteiger partial charge in [-0.25, -0.2) is 9.78 Å². The largest absolute Gasteiger partial charge is 0.497 e. The Morgan fingerprint density at radius 2 is 1.73 bits per heavy atom. The number of esters is 1. The lowest BCUT2D eigenvalue weighted by atomic mass is 10.2. The SMILES string of the molecule is COc1cc(OC)cc(C(=O)O[C@@H](C)c2nc3ccccc3c(=O)[nH]2)c1. The van der Waals surface area contributed by atoms with Gasteiger partial charge in [0.2, 0.25) is 0 Å². The van der Waals surface area contributed by atoms with Crippen LogP contribution in [0.15, 0.2) is 47.3 Å². The molecule has 3 rings (SSSR count). The molecule has 1 atom stereocenters. The molecule has 1 heterocycles. The molecule has 0 amide bonds. The number of rotatable bonds is 5. The fourth-order valence-corrected chi connectivity index (χ4v) is 2.51. The van der Waals surface area contributed by atoms with Gasteiger partial charge in [-0.2, -0.15) is 0 Å². The van der Waals surface area contributed by atoms with Gasteiger partial charge in [-0.15, -0.1) is 0 Å². The second-order valence-corrected chi connectivity index (χ2v) is 5.62. The standard InChI is InChI=1S/C19H18N2O5/c1-11(17-20-16-7-5-4-6-15(16)18(22)21-17)26-19(23)12-8-13(24-2)10-14(9-12)25-3/h4-11H,1-3H3,(H,20,21,22)/t11-/m0/s1. The third-order valence-corrected chi connectivity index (χ3v) is 3.89. The maximum absolute atomic E-state index is 12.5. The lowest BCUT2D eigenvalue weighted by molar-refractivity contribution is 0.0319. The lowest BCUT2D eigenvalue weighted by Crippen LogP contribution is -2.17. The van der Waals surface area contributed by atoms with Crippen molar-refractivity contribution in [2.75, 3.05) is 14.2 Å². The van der Waals surface area contributed by atoms with Gasteiger partial charge >= 0.3 is 5.97 Å². The molecule has 0 saturated carbocycles. The Bertz CT molecular complexity index is 990. The fraction of sp³-hybridized carbons (Fsp3) is 0.211. The molecule has 1 aromatic heterocycles. The van der Waals surface area contributed by atoms with Crippen molar-refractivity contribution in [3.05, 3.63) is 64.2 Å². The van der Waals surface area contributed by atoms with E-state index in [1.165, 1.54) is 14.2 Å². The lowest BCUT2D eigenvalue weighted by Gasteiger charge is -2.14. The van der Waals surface area contributed by atoms with Gasteiger partial charge in [0.05, 0.1) is 30.7 Å². The molecule has 7 nitrogen and oxygen atoms in total. The first-order chi connectivity index (χ1) is 12.5. The Hall–Kier alpha value is -3.35. The van der Waals surface area contributed by atoms with Crippen molar-refractivity contribution in [3.63, 3.8) is 0 Å². The Morgan fingerprint density at radius 1 is 1.08 bits per heavy atom. The van der Waals surface area contributed by atoms with Crippen LogP contribution in [0, 0.1) is 0 Å². The van der Waals surface area contributed by atoms with Crippen LogP contribution in [0.4, 0.5) is 0 Å². The van der Waals surface area contributed by atoms with Crippen molar-refractivity contribution in [1.82, 2.24) is 9.97 Å². The van der Waals surface area contributed by atoms with Crippen molar-refractivity contribution >= 4 is 16.9 Å².